The summed E-state index contributed by atoms with van der Waals surface area (Å²) >= 11 is 2.23. The Balaban J connectivity index is 2.17. The Bertz CT molecular complexity index is 660. The molecule has 0 aromatic heterocycles. The minimum atomic E-state index is -0.134. The van der Waals surface area contributed by atoms with Crippen molar-refractivity contribution in [3.63, 3.8) is 0 Å². The molecule has 27 heavy (non-hydrogen) atoms. The highest BCUT2D eigenvalue weighted by Crippen LogP contribution is 2.37. The molecule has 1 aliphatic heterocycles. The molecule has 0 saturated carbocycles. The highest BCUT2D eigenvalue weighted by Gasteiger charge is 2.42. The van der Waals surface area contributed by atoms with E-state index in [1.54, 1.807) is 14.2 Å². The SMILES string of the molecule is COc1ccc(CO[C@H]2[C@@H](C)[C@@H](CC=O)O[C@@H](/C(C)=C/I)[C@@H]2C)cc1OC. The molecule has 5 nitrogen and oxygen atoms in total. The van der Waals surface area contributed by atoms with Crippen LogP contribution >= 0.6 is 22.6 Å². The van der Waals surface area contributed by atoms with E-state index in [0.717, 1.165) is 17.4 Å². The molecule has 0 aliphatic carbocycles. The maximum Gasteiger partial charge on any atom is 0.161 e. The van der Waals surface area contributed by atoms with Crippen LogP contribution in [0.5, 0.6) is 11.5 Å². The first-order valence-electron chi connectivity index (χ1n) is 9.15. The average Bonchev–Trinajstić information content (AvgIpc) is 2.69. The van der Waals surface area contributed by atoms with Gasteiger partial charge in [-0.25, -0.2) is 0 Å². The normalized spacial score (nSPS) is 28.7. The number of ether oxygens (including phenoxy) is 4. The Kier molecular flexibility index (Phi) is 8.57. The lowest BCUT2D eigenvalue weighted by Crippen LogP contribution is -2.50. The molecule has 1 saturated heterocycles. The minimum absolute atomic E-state index is 0.00639. The molecule has 0 unspecified atom stereocenters. The van der Waals surface area contributed by atoms with Crippen LogP contribution in [0, 0.1) is 11.8 Å². The number of halogens is 1. The van der Waals surface area contributed by atoms with Gasteiger partial charge in [-0.2, -0.15) is 0 Å². The van der Waals surface area contributed by atoms with Gasteiger partial charge in [0.25, 0.3) is 0 Å². The molecular weight excluding hydrogens is 459 g/mol. The summed E-state index contributed by atoms with van der Waals surface area (Å²) in [5.41, 5.74) is 2.17. The molecule has 0 bridgehead atoms. The third-order valence-electron chi connectivity index (χ3n) is 5.26. The van der Waals surface area contributed by atoms with Gasteiger partial charge in [0.2, 0.25) is 0 Å². The number of rotatable bonds is 8. The van der Waals surface area contributed by atoms with Gasteiger partial charge >= 0.3 is 0 Å². The third kappa shape index (κ3) is 5.23. The van der Waals surface area contributed by atoms with Crippen LogP contribution in [-0.2, 0) is 20.9 Å². The van der Waals surface area contributed by atoms with Crippen molar-refractivity contribution in [1.29, 1.82) is 0 Å². The van der Waals surface area contributed by atoms with Gasteiger partial charge in [0, 0.05) is 18.3 Å². The van der Waals surface area contributed by atoms with Gasteiger partial charge in [0.05, 0.1) is 39.1 Å². The minimum Gasteiger partial charge on any atom is -0.493 e. The number of carbonyl (C=O) groups excluding carboxylic acids is 1. The topological polar surface area (TPSA) is 54.0 Å². The molecule has 1 aromatic rings. The molecule has 1 aromatic carbocycles. The molecule has 6 heteroatoms. The van der Waals surface area contributed by atoms with Crippen molar-refractivity contribution in [3.05, 3.63) is 33.4 Å². The Labute approximate surface area is 175 Å². The van der Waals surface area contributed by atoms with Crippen molar-refractivity contribution in [2.45, 2.75) is 52.1 Å². The second kappa shape index (κ2) is 10.4. The number of benzene rings is 1. The first-order chi connectivity index (χ1) is 13.0. The van der Waals surface area contributed by atoms with E-state index < -0.39 is 0 Å². The molecule has 0 N–H and O–H groups in total. The number of aldehydes is 1. The smallest absolute Gasteiger partial charge is 0.161 e. The van der Waals surface area contributed by atoms with Crippen LogP contribution < -0.4 is 9.47 Å². The summed E-state index contributed by atoms with van der Waals surface area (Å²) in [7, 11) is 3.24. The van der Waals surface area contributed by atoms with Crippen LogP contribution in [0.2, 0.25) is 0 Å². The molecule has 150 valence electrons. The molecule has 0 amide bonds. The standard InChI is InChI=1S/C21H29IO5/c1-13(11-22)20-15(3)21(14(2)17(27-20)8-9-23)26-12-16-6-7-18(24-4)19(10-16)25-5/h6-7,9-11,14-15,17,20-21H,8,12H2,1-5H3/b13-11+/t14-,15-,17+,20-,21-/m0/s1. The molecule has 5 atom stereocenters. The Morgan fingerprint density at radius 2 is 1.89 bits per heavy atom. The van der Waals surface area contributed by atoms with Gasteiger partial charge in [-0.15, -0.1) is 0 Å². The second-order valence-electron chi connectivity index (χ2n) is 7.03. The van der Waals surface area contributed by atoms with E-state index in [4.69, 9.17) is 18.9 Å². The zero-order chi connectivity index (χ0) is 20.0. The monoisotopic (exact) mass is 488 g/mol. The molecule has 1 aliphatic rings. The lowest BCUT2D eigenvalue weighted by Gasteiger charge is -2.45. The molecule has 1 heterocycles. The quantitative estimate of drug-likeness (QED) is 0.397. The summed E-state index contributed by atoms with van der Waals surface area (Å²) < 4.78 is 25.3. The van der Waals surface area contributed by atoms with Crippen LogP contribution in [0.4, 0.5) is 0 Å². The van der Waals surface area contributed by atoms with Gasteiger partial charge in [-0.05, 0) is 34.3 Å². The first-order valence-corrected chi connectivity index (χ1v) is 10.4. The van der Waals surface area contributed by atoms with E-state index in [1.165, 1.54) is 0 Å². The number of carbonyl (C=O) groups is 1. The molecular formula is C21H29IO5. The summed E-state index contributed by atoms with van der Waals surface area (Å²) in [6.45, 7) is 6.78. The summed E-state index contributed by atoms with van der Waals surface area (Å²) in [5, 5.41) is 0. The van der Waals surface area contributed by atoms with Crippen molar-refractivity contribution < 1.29 is 23.7 Å². The summed E-state index contributed by atoms with van der Waals surface area (Å²) in [6.07, 6.45) is 1.13. The Morgan fingerprint density at radius 3 is 2.48 bits per heavy atom. The van der Waals surface area contributed by atoms with Gasteiger partial charge < -0.3 is 23.7 Å². The molecule has 2 rings (SSSR count). The lowest BCUT2D eigenvalue weighted by molar-refractivity contribution is -0.174. The van der Waals surface area contributed by atoms with Crippen molar-refractivity contribution in [1.82, 2.24) is 0 Å². The fraction of sp³-hybridized carbons (Fsp3) is 0.571. The van der Waals surface area contributed by atoms with E-state index in [0.29, 0.717) is 24.5 Å². The van der Waals surface area contributed by atoms with E-state index in [2.05, 4.69) is 43.4 Å². The fourth-order valence-electron chi connectivity index (χ4n) is 3.71. The predicted octanol–water partition coefficient (Wildman–Crippen LogP) is 4.56. The Morgan fingerprint density at radius 1 is 1.19 bits per heavy atom. The van der Waals surface area contributed by atoms with E-state index in [1.807, 2.05) is 22.3 Å². The van der Waals surface area contributed by atoms with E-state index >= 15 is 0 Å². The second-order valence-corrected chi connectivity index (χ2v) is 7.66. The zero-order valence-electron chi connectivity index (χ0n) is 16.6. The predicted molar refractivity (Wildman–Crippen MR) is 114 cm³/mol. The van der Waals surface area contributed by atoms with Crippen LogP contribution in [0.25, 0.3) is 0 Å². The highest BCUT2D eigenvalue weighted by atomic mass is 127. The number of methoxy groups -OCH3 is 2. The molecule has 0 spiro atoms. The zero-order valence-corrected chi connectivity index (χ0v) is 18.8. The van der Waals surface area contributed by atoms with Crippen molar-refractivity contribution in [3.8, 4) is 11.5 Å². The van der Waals surface area contributed by atoms with Gasteiger partial charge in [-0.1, -0.05) is 42.5 Å². The summed E-state index contributed by atoms with van der Waals surface area (Å²) in [6, 6.07) is 5.80. The van der Waals surface area contributed by atoms with E-state index in [9.17, 15) is 4.79 Å². The molecule has 1 fully saturated rings. The van der Waals surface area contributed by atoms with Gasteiger partial charge in [0.15, 0.2) is 11.5 Å². The summed E-state index contributed by atoms with van der Waals surface area (Å²) in [5.74, 6) is 1.70. The fourth-order valence-corrected chi connectivity index (χ4v) is 4.07. The number of hydrogen-bond donors (Lipinski definition) is 0. The van der Waals surface area contributed by atoms with Crippen LogP contribution in [-0.4, -0.2) is 38.8 Å². The average molecular weight is 488 g/mol. The Hall–Kier alpha value is -1.12. The maximum atomic E-state index is 11.1. The van der Waals surface area contributed by atoms with Crippen LogP contribution in [0.3, 0.4) is 0 Å². The largest absolute Gasteiger partial charge is 0.493 e. The molecule has 0 radical (unpaired) electrons. The van der Waals surface area contributed by atoms with Crippen molar-refractivity contribution in [2.75, 3.05) is 14.2 Å². The lowest BCUT2D eigenvalue weighted by atomic mass is 9.80. The van der Waals surface area contributed by atoms with Gasteiger partial charge in [0.1, 0.15) is 6.29 Å². The van der Waals surface area contributed by atoms with Crippen molar-refractivity contribution in [2.24, 2.45) is 11.8 Å². The third-order valence-corrected chi connectivity index (χ3v) is 6.24. The van der Waals surface area contributed by atoms with E-state index in [-0.39, 0.29) is 30.1 Å². The van der Waals surface area contributed by atoms with Gasteiger partial charge in [-0.3, -0.25) is 0 Å². The van der Waals surface area contributed by atoms with Crippen LogP contribution in [0.15, 0.2) is 27.9 Å². The number of hydrogen-bond acceptors (Lipinski definition) is 5. The first kappa shape index (κ1) is 22.2. The summed E-state index contributed by atoms with van der Waals surface area (Å²) in [4.78, 5) is 11.1. The van der Waals surface area contributed by atoms with Crippen LogP contribution in [0.1, 0.15) is 32.8 Å². The van der Waals surface area contributed by atoms with Crippen molar-refractivity contribution >= 4 is 28.9 Å². The highest BCUT2D eigenvalue weighted by molar-refractivity contribution is 14.1. The maximum absolute atomic E-state index is 11.1.